The Kier molecular flexibility index (Phi) is 2.61. The molecule has 2 N–H and O–H groups in total. The minimum Gasteiger partial charge on any atom is -0.469 e. The third-order valence-electron chi connectivity index (χ3n) is 2.91. The molecule has 1 atom stereocenters. The Balaban J connectivity index is 2.05. The molecule has 0 aliphatic carbocycles. The summed E-state index contributed by atoms with van der Waals surface area (Å²) in [6, 6.07) is 1.94. The number of hydrogen-bond donors (Lipinski definition) is 2. The van der Waals surface area contributed by atoms with Crippen LogP contribution in [-0.2, 0) is 6.42 Å². The summed E-state index contributed by atoms with van der Waals surface area (Å²) in [6.45, 7) is 3.70. The van der Waals surface area contributed by atoms with Crippen molar-refractivity contribution in [2.75, 3.05) is 13.1 Å². The first-order valence-electron chi connectivity index (χ1n) is 5.16. The topological polar surface area (TPSA) is 45.4 Å². The van der Waals surface area contributed by atoms with Crippen LogP contribution in [0.4, 0.5) is 0 Å². The Hall–Kier alpha value is -0.800. The quantitative estimate of drug-likeness (QED) is 0.746. The van der Waals surface area contributed by atoms with Gasteiger partial charge < -0.3 is 14.8 Å². The van der Waals surface area contributed by atoms with Gasteiger partial charge in [0.05, 0.1) is 11.9 Å². The highest BCUT2D eigenvalue weighted by Gasteiger charge is 2.30. The van der Waals surface area contributed by atoms with Gasteiger partial charge in [-0.05, 0) is 37.9 Å². The van der Waals surface area contributed by atoms with Crippen LogP contribution in [0.25, 0.3) is 0 Å². The molecular weight excluding hydrogens is 178 g/mol. The van der Waals surface area contributed by atoms with E-state index in [4.69, 9.17) is 4.42 Å². The van der Waals surface area contributed by atoms with Gasteiger partial charge in [-0.1, -0.05) is 0 Å². The summed E-state index contributed by atoms with van der Waals surface area (Å²) in [5.74, 6) is 0.913. The lowest BCUT2D eigenvalue weighted by molar-refractivity contribution is 0.0124. The molecule has 3 nitrogen and oxygen atoms in total. The van der Waals surface area contributed by atoms with Crippen LogP contribution in [0.2, 0.25) is 0 Å². The molecule has 1 saturated heterocycles. The van der Waals surface area contributed by atoms with Crippen molar-refractivity contribution in [2.45, 2.75) is 31.8 Å². The molecule has 0 amide bonds. The molecule has 2 heterocycles. The summed E-state index contributed by atoms with van der Waals surface area (Å²) in [6.07, 6.45) is 4.21. The third kappa shape index (κ3) is 1.99. The lowest BCUT2D eigenvalue weighted by Crippen LogP contribution is -2.47. The number of aliphatic hydroxyl groups is 1. The van der Waals surface area contributed by atoms with Gasteiger partial charge >= 0.3 is 0 Å². The van der Waals surface area contributed by atoms with Crippen LogP contribution in [0.1, 0.15) is 24.2 Å². The maximum atomic E-state index is 10.2. The van der Waals surface area contributed by atoms with Gasteiger partial charge in [-0.25, -0.2) is 0 Å². The Labute approximate surface area is 84.1 Å². The van der Waals surface area contributed by atoms with Gasteiger partial charge in [0.2, 0.25) is 0 Å². The molecule has 0 aromatic carbocycles. The molecule has 0 bridgehead atoms. The Morgan fingerprint density at radius 3 is 3.07 bits per heavy atom. The summed E-state index contributed by atoms with van der Waals surface area (Å²) >= 11 is 0. The van der Waals surface area contributed by atoms with Crippen molar-refractivity contribution in [3.8, 4) is 0 Å². The van der Waals surface area contributed by atoms with E-state index in [1.54, 1.807) is 6.26 Å². The van der Waals surface area contributed by atoms with Gasteiger partial charge in [0.25, 0.3) is 0 Å². The number of hydrogen-bond acceptors (Lipinski definition) is 3. The van der Waals surface area contributed by atoms with E-state index < -0.39 is 5.60 Å². The number of piperidine rings is 1. The number of β-amino-alcohol motifs (C(OH)–C–C–N with tert-alkyl or cyclic N) is 1. The van der Waals surface area contributed by atoms with E-state index in [2.05, 4.69) is 5.32 Å². The summed E-state index contributed by atoms with van der Waals surface area (Å²) in [5, 5.41) is 13.5. The highest BCUT2D eigenvalue weighted by molar-refractivity contribution is 5.17. The number of furan rings is 1. The molecule has 1 aromatic heterocycles. The molecule has 0 spiro atoms. The van der Waals surface area contributed by atoms with Crippen LogP contribution >= 0.6 is 0 Å². The van der Waals surface area contributed by atoms with Crippen LogP contribution in [0.3, 0.4) is 0 Å². The highest BCUT2D eigenvalue weighted by atomic mass is 16.3. The number of rotatable bonds is 2. The first kappa shape index (κ1) is 9.74. The van der Waals surface area contributed by atoms with Crippen molar-refractivity contribution in [3.05, 3.63) is 23.7 Å². The first-order valence-corrected chi connectivity index (χ1v) is 5.16. The highest BCUT2D eigenvalue weighted by Crippen LogP contribution is 2.23. The van der Waals surface area contributed by atoms with E-state index in [-0.39, 0.29) is 0 Å². The molecule has 1 aliphatic rings. The lowest BCUT2D eigenvalue weighted by Gasteiger charge is -2.32. The van der Waals surface area contributed by atoms with Crippen molar-refractivity contribution in [2.24, 2.45) is 0 Å². The second kappa shape index (κ2) is 3.75. The van der Waals surface area contributed by atoms with E-state index >= 15 is 0 Å². The molecule has 3 heteroatoms. The summed E-state index contributed by atoms with van der Waals surface area (Å²) in [7, 11) is 0. The summed E-state index contributed by atoms with van der Waals surface area (Å²) < 4.78 is 5.34. The van der Waals surface area contributed by atoms with E-state index in [1.807, 2.05) is 13.0 Å². The fourth-order valence-electron chi connectivity index (χ4n) is 1.99. The lowest BCUT2D eigenvalue weighted by atomic mass is 9.89. The standard InChI is InChI=1S/C11H17NO2/c1-9-3-6-14-10(9)7-11(13)4-2-5-12-8-11/h3,6,12-13H,2,4-5,7-8H2,1H3. The van der Waals surface area contributed by atoms with Crippen molar-refractivity contribution in [3.63, 3.8) is 0 Å². The van der Waals surface area contributed by atoms with Gasteiger partial charge in [0.1, 0.15) is 5.76 Å². The minimum atomic E-state index is -0.610. The summed E-state index contributed by atoms with van der Waals surface area (Å²) in [5.41, 5.74) is 0.518. The smallest absolute Gasteiger partial charge is 0.109 e. The molecular formula is C11H17NO2. The predicted molar refractivity (Wildman–Crippen MR) is 54.2 cm³/mol. The van der Waals surface area contributed by atoms with Gasteiger partial charge in [0.15, 0.2) is 0 Å². The van der Waals surface area contributed by atoms with Crippen molar-refractivity contribution < 1.29 is 9.52 Å². The molecule has 2 rings (SSSR count). The Bertz CT molecular complexity index is 300. The zero-order valence-electron chi connectivity index (χ0n) is 8.55. The predicted octanol–water partition coefficient (Wildman–Crippen LogP) is 1.25. The maximum Gasteiger partial charge on any atom is 0.109 e. The molecule has 1 unspecified atom stereocenters. The average molecular weight is 195 g/mol. The third-order valence-corrected chi connectivity index (χ3v) is 2.91. The molecule has 1 aromatic rings. The second-order valence-corrected chi connectivity index (χ2v) is 4.21. The van der Waals surface area contributed by atoms with Crippen molar-refractivity contribution in [1.29, 1.82) is 0 Å². The van der Waals surface area contributed by atoms with E-state index in [0.29, 0.717) is 13.0 Å². The number of aryl methyl sites for hydroxylation is 1. The largest absolute Gasteiger partial charge is 0.469 e. The zero-order chi connectivity index (χ0) is 10.0. The Morgan fingerprint density at radius 1 is 1.64 bits per heavy atom. The first-order chi connectivity index (χ1) is 6.70. The zero-order valence-corrected chi connectivity index (χ0v) is 8.55. The van der Waals surface area contributed by atoms with Gasteiger partial charge in [0, 0.05) is 13.0 Å². The molecule has 0 radical (unpaired) electrons. The van der Waals surface area contributed by atoms with Crippen LogP contribution in [0.15, 0.2) is 16.7 Å². The van der Waals surface area contributed by atoms with Crippen LogP contribution in [0.5, 0.6) is 0 Å². The normalized spacial score (nSPS) is 27.9. The van der Waals surface area contributed by atoms with E-state index in [0.717, 1.165) is 30.7 Å². The monoisotopic (exact) mass is 195 g/mol. The van der Waals surface area contributed by atoms with Crippen LogP contribution in [0, 0.1) is 6.92 Å². The molecule has 78 valence electrons. The van der Waals surface area contributed by atoms with Crippen LogP contribution < -0.4 is 5.32 Å². The fourth-order valence-corrected chi connectivity index (χ4v) is 1.99. The van der Waals surface area contributed by atoms with Crippen LogP contribution in [-0.4, -0.2) is 23.8 Å². The molecule has 1 aliphatic heterocycles. The van der Waals surface area contributed by atoms with Crippen molar-refractivity contribution >= 4 is 0 Å². The Morgan fingerprint density at radius 2 is 2.50 bits per heavy atom. The van der Waals surface area contributed by atoms with E-state index in [1.165, 1.54) is 0 Å². The second-order valence-electron chi connectivity index (χ2n) is 4.21. The van der Waals surface area contributed by atoms with Crippen molar-refractivity contribution in [1.82, 2.24) is 5.32 Å². The SMILES string of the molecule is Cc1ccoc1CC1(O)CCCNC1. The molecule has 14 heavy (non-hydrogen) atoms. The van der Waals surface area contributed by atoms with Gasteiger partial charge in [-0.15, -0.1) is 0 Å². The maximum absolute atomic E-state index is 10.2. The van der Waals surface area contributed by atoms with Gasteiger partial charge in [-0.3, -0.25) is 0 Å². The summed E-state index contributed by atoms with van der Waals surface area (Å²) in [4.78, 5) is 0. The molecule has 0 saturated carbocycles. The average Bonchev–Trinajstić information content (AvgIpc) is 2.52. The van der Waals surface area contributed by atoms with Gasteiger partial charge in [-0.2, -0.15) is 0 Å². The minimum absolute atomic E-state index is 0.610. The molecule has 1 fully saturated rings. The number of nitrogens with one attached hydrogen (secondary N) is 1. The van der Waals surface area contributed by atoms with E-state index in [9.17, 15) is 5.11 Å². The fraction of sp³-hybridized carbons (Fsp3) is 0.636.